The van der Waals surface area contributed by atoms with Crippen LogP contribution in [0, 0.1) is 11.3 Å². The number of hydrogen-bond acceptors (Lipinski definition) is 2. The number of likely N-dealkylation sites (tertiary alicyclic amines) is 1. The van der Waals surface area contributed by atoms with Crippen molar-refractivity contribution in [2.45, 2.75) is 33.1 Å². The fourth-order valence-electron chi connectivity index (χ4n) is 2.99. The molecule has 4 heteroatoms. The maximum atomic E-state index is 12.3. The third-order valence-electron chi connectivity index (χ3n) is 4.66. The molecule has 1 fully saturated rings. The fourth-order valence-corrected chi connectivity index (χ4v) is 2.99. The minimum Gasteiger partial charge on any atom is -0.481 e. The predicted molar refractivity (Wildman–Crippen MR) is 80.9 cm³/mol. The lowest BCUT2D eigenvalue weighted by Gasteiger charge is -2.28. The van der Waals surface area contributed by atoms with Gasteiger partial charge in [0.2, 0.25) is 5.91 Å². The molecule has 1 saturated heterocycles. The van der Waals surface area contributed by atoms with E-state index >= 15 is 0 Å². The molecule has 2 rings (SSSR count). The number of aryl methyl sites for hydroxylation is 1. The van der Waals surface area contributed by atoms with Gasteiger partial charge in [-0.15, -0.1) is 0 Å². The molecule has 1 atom stereocenters. The highest BCUT2D eigenvalue weighted by Gasteiger charge is 2.48. The summed E-state index contributed by atoms with van der Waals surface area (Å²) in [5.74, 6) is -0.694. The van der Waals surface area contributed by atoms with E-state index in [0.29, 0.717) is 32.4 Å². The van der Waals surface area contributed by atoms with Crippen molar-refractivity contribution in [3.63, 3.8) is 0 Å². The molecule has 0 bridgehead atoms. The van der Waals surface area contributed by atoms with Crippen LogP contribution < -0.4 is 0 Å². The number of carboxylic acid groups (broad SMARTS) is 1. The molecule has 0 saturated carbocycles. The SMILES string of the molecule is CC(C)C1(C(=O)O)CCN(C(=O)CCc2ccccc2)C1. The van der Waals surface area contributed by atoms with Gasteiger partial charge < -0.3 is 10.0 Å². The number of carbonyl (C=O) groups excluding carboxylic acids is 1. The van der Waals surface area contributed by atoms with Crippen molar-refractivity contribution < 1.29 is 14.7 Å². The summed E-state index contributed by atoms with van der Waals surface area (Å²) < 4.78 is 0. The molecule has 1 N–H and O–H groups in total. The van der Waals surface area contributed by atoms with Crippen molar-refractivity contribution in [2.75, 3.05) is 13.1 Å². The number of rotatable bonds is 5. The van der Waals surface area contributed by atoms with Crippen LogP contribution in [0.1, 0.15) is 32.3 Å². The van der Waals surface area contributed by atoms with Gasteiger partial charge in [-0.25, -0.2) is 0 Å². The van der Waals surface area contributed by atoms with E-state index in [1.54, 1.807) is 4.90 Å². The second kappa shape index (κ2) is 6.29. The Bertz CT molecular complexity index is 512. The van der Waals surface area contributed by atoms with E-state index in [0.717, 1.165) is 5.56 Å². The first-order valence-electron chi connectivity index (χ1n) is 7.51. The first-order valence-corrected chi connectivity index (χ1v) is 7.51. The first-order chi connectivity index (χ1) is 9.95. The minimum absolute atomic E-state index is 0.0296. The molecule has 1 aliphatic rings. The lowest BCUT2D eigenvalue weighted by atomic mass is 9.76. The molecule has 0 radical (unpaired) electrons. The van der Waals surface area contributed by atoms with Gasteiger partial charge in [0, 0.05) is 19.5 Å². The van der Waals surface area contributed by atoms with Gasteiger partial charge in [-0.2, -0.15) is 0 Å². The topological polar surface area (TPSA) is 57.6 Å². The first kappa shape index (κ1) is 15.5. The number of benzene rings is 1. The van der Waals surface area contributed by atoms with E-state index in [-0.39, 0.29) is 11.8 Å². The second-order valence-corrected chi connectivity index (χ2v) is 6.17. The number of nitrogens with zero attached hydrogens (tertiary/aromatic N) is 1. The Kier molecular flexibility index (Phi) is 4.66. The van der Waals surface area contributed by atoms with Crippen molar-refractivity contribution in [1.29, 1.82) is 0 Å². The van der Waals surface area contributed by atoms with Crippen molar-refractivity contribution >= 4 is 11.9 Å². The van der Waals surface area contributed by atoms with Crippen LogP contribution in [0.25, 0.3) is 0 Å². The van der Waals surface area contributed by atoms with E-state index in [9.17, 15) is 14.7 Å². The van der Waals surface area contributed by atoms with E-state index in [2.05, 4.69) is 0 Å². The highest BCUT2D eigenvalue weighted by atomic mass is 16.4. The Balaban J connectivity index is 1.94. The molecule has 114 valence electrons. The van der Waals surface area contributed by atoms with Crippen LogP contribution in [0.2, 0.25) is 0 Å². The van der Waals surface area contributed by atoms with E-state index in [4.69, 9.17) is 0 Å². The lowest BCUT2D eigenvalue weighted by molar-refractivity contribution is -0.151. The Morgan fingerprint density at radius 3 is 2.48 bits per heavy atom. The maximum Gasteiger partial charge on any atom is 0.311 e. The molecule has 0 aliphatic carbocycles. The average molecular weight is 289 g/mol. The van der Waals surface area contributed by atoms with Crippen molar-refractivity contribution in [2.24, 2.45) is 11.3 Å². The molecule has 1 amide bonds. The van der Waals surface area contributed by atoms with Crippen LogP contribution in [0.15, 0.2) is 30.3 Å². The van der Waals surface area contributed by atoms with Gasteiger partial charge in [0.05, 0.1) is 5.41 Å². The molecule has 1 aromatic rings. The van der Waals surface area contributed by atoms with Gasteiger partial charge in [0.15, 0.2) is 0 Å². The molecule has 1 unspecified atom stereocenters. The molecule has 0 spiro atoms. The van der Waals surface area contributed by atoms with E-state index < -0.39 is 11.4 Å². The fraction of sp³-hybridized carbons (Fsp3) is 0.529. The van der Waals surface area contributed by atoms with Crippen LogP contribution in [0.5, 0.6) is 0 Å². The van der Waals surface area contributed by atoms with Crippen LogP contribution in [-0.4, -0.2) is 35.0 Å². The number of aliphatic carboxylic acids is 1. The monoisotopic (exact) mass is 289 g/mol. The summed E-state index contributed by atoms with van der Waals surface area (Å²) in [6, 6.07) is 9.89. The highest BCUT2D eigenvalue weighted by molar-refractivity contribution is 5.81. The highest BCUT2D eigenvalue weighted by Crippen LogP contribution is 2.38. The number of amides is 1. The third-order valence-corrected chi connectivity index (χ3v) is 4.66. The zero-order valence-electron chi connectivity index (χ0n) is 12.7. The Labute approximate surface area is 125 Å². The average Bonchev–Trinajstić information content (AvgIpc) is 2.92. The molecule has 1 aliphatic heterocycles. The zero-order chi connectivity index (χ0) is 15.5. The normalized spacial score (nSPS) is 21.8. The molecule has 21 heavy (non-hydrogen) atoms. The molecular weight excluding hydrogens is 266 g/mol. The summed E-state index contributed by atoms with van der Waals surface area (Å²) >= 11 is 0. The maximum absolute atomic E-state index is 12.3. The van der Waals surface area contributed by atoms with Crippen LogP contribution in [0.4, 0.5) is 0 Å². The second-order valence-electron chi connectivity index (χ2n) is 6.17. The van der Waals surface area contributed by atoms with E-state index in [1.165, 1.54) is 0 Å². The van der Waals surface area contributed by atoms with E-state index in [1.807, 2.05) is 44.2 Å². The summed E-state index contributed by atoms with van der Waals surface area (Å²) in [5, 5.41) is 9.50. The van der Waals surface area contributed by atoms with Gasteiger partial charge >= 0.3 is 5.97 Å². The van der Waals surface area contributed by atoms with Crippen molar-refractivity contribution in [3.05, 3.63) is 35.9 Å². The summed E-state index contributed by atoms with van der Waals surface area (Å²) in [4.78, 5) is 25.6. The Morgan fingerprint density at radius 2 is 1.95 bits per heavy atom. The van der Waals surface area contributed by atoms with Crippen molar-refractivity contribution in [3.8, 4) is 0 Å². The molecule has 0 aromatic heterocycles. The number of carbonyl (C=O) groups is 2. The Hall–Kier alpha value is -1.84. The minimum atomic E-state index is -0.782. The molecular formula is C17H23NO3. The van der Waals surface area contributed by atoms with Crippen LogP contribution >= 0.6 is 0 Å². The molecule has 1 heterocycles. The summed E-state index contributed by atoms with van der Waals surface area (Å²) in [5.41, 5.74) is 0.362. The zero-order valence-corrected chi connectivity index (χ0v) is 12.7. The largest absolute Gasteiger partial charge is 0.481 e. The van der Waals surface area contributed by atoms with Crippen molar-refractivity contribution in [1.82, 2.24) is 4.90 Å². The van der Waals surface area contributed by atoms with Crippen LogP contribution in [0.3, 0.4) is 0 Å². The van der Waals surface area contributed by atoms with Gasteiger partial charge in [0.25, 0.3) is 0 Å². The smallest absolute Gasteiger partial charge is 0.311 e. The quantitative estimate of drug-likeness (QED) is 0.906. The van der Waals surface area contributed by atoms with Gasteiger partial charge in [0.1, 0.15) is 0 Å². The third kappa shape index (κ3) is 3.26. The summed E-state index contributed by atoms with van der Waals surface area (Å²) in [6.07, 6.45) is 1.70. The Morgan fingerprint density at radius 1 is 1.29 bits per heavy atom. The standard InChI is InChI=1S/C17H23NO3/c1-13(2)17(16(20)21)10-11-18(12-17)15(19)9-8-14-6-4-3-5-7-14/h3-7,13H,8-12H2,1-2H3,(H,20,21). The number of carboxylic acids is 1. The number of hydrogen-bond donors (Lipinski definition) is 1. The van der Waals surface area contributed by atoms with Crippen LogP contribution in [-0.2, 0) is 16.0 Å². The van der Waals surface area contributed by atoms with Gasteiger partial charge in [-0.1, -0.05) is 44.2 Å². The summed E-state index contributed by atoms with van der Waals surface area (Å²) in [6.45, 7) is 4.74. The predicted octanol–water partition coefficient (Wildman–Crippen LogP) is 2.58. The molecule has 1 aromatic carbocycles. The lowest BCUT2D eigenvalue weighted by Crippen LogP contribution is -2.40. The summed E-state index contributed by atoms with van der Waals surface area (Å²) in [7, 11) is 0. The van der Waals surface area contributed by atoms with Gasteiger partial charge in [-0.05, 0) is 24.3 Å². The van der Waals surface area contributed by atoms with Gasteiger partial charge in [-0.3, -0.25) is 9.59 Å². The molecule has 4 nitrogen and oxygen atoms in total.